The van der Waals surface area contributed by atoms with Crippen molar-refractivity contribution >= 4 is 0 Å². The summed E-state index contributed by atoms with van der Waals surface area (Å²) in [4.78, 5) is 0. The van der Waals surface area contributed by atoms with Crippen molar-refractivity contribution in [3.8, 4) is 0 Å². The molecule has 1 fully saturated rings. The molecule has 0 bridgehead atoms. The Kier molecular flexibility index (Phi) is 2.65. The SMILES string of the molecule is C[N+](C)(C)C1CCC1.[OH-]. The van der Waals surface area contributed by atoms with E-state index in [0.717, 1.165) is 6.04 Å². The Bertz CT molecular complexity index is 81.4. The zero-order valence-electron chi connectivity index (χ0n) is 6.59. The van der Waals surface area contributed by atoms with E-state index in [1.807, 2.05) is 0 Å². The number of rotatable bonds is 1. The van der Waals surface area contributed by atoms with Crippen LogP contribution in [0.5, 0.6) is 0 Å². The average Bonchev–Trinajstić information content (AvgIpc) is 1.16. The van der Waals surface area contributed by atoms with Crippen LogP contribution in [0.25, 0.3) is 0 Å². The van der Waals surface area contributed by atoms with Crippen LogP contribution in [0.15, 0.2) is 0 Å². The first-order valence-corrected chi connectivity index (χ1v) is 3.42. The Morgan fingerprint density at radius 1 is 1.11 bits per heavy atom. The summed E-state index contributed by atoms with van der Waals surface area (Å²) in [6.07, 6.45) is 4.35. The predicted molar refractivity (Wildman–Crippen MR) is 37.6 cm³/mol. The lowest BCUT2D eigenvalue weighted by Crippen LogP contribution is -2.48. The molecule has 0 spiro atoms. The zero-order chi connectivity index (χ0) is 6.20. The standard InChI is InChI=1S/C7H16N.H2O/c1-8(2,3)7-5-4-6-7;/h7H,4-6H2,1-3H3;1H2/q+1;/p-1. The second-order valence-electron chi connectivity index (χ2n) is 3.70. The van der Waals surface area contributed by atoms with Crippen LogP contribution in [0.3, 0.4) is 0 Å². The maximum absolute atomic E-state index is 2.28. The fraction of sp³-hybridized carbons (Fsp3) is 1.00. The second-order valence-corrected chi connectivity index (χ2v) is 3.70. The molecule has 0 amide bonds. The molecule has 0 aromatic rings. The van der Waals surface area contributed by atoms with Crippen molar-refractivity contribution in [2.24, 2.45) is 0 Å². The molecule has 0 unspecified atom stereocenters. The molecule has 1 aliphatic rings. The molecule has 56 valence electrons. The van der Waals surface area contributed by atoms with Crippen LogP contribution in [-0.2, 0) is 0 Å². The number of hydrogen-bond donors (Lipinski definition) is 0. The minimum atomic E-state index is 0. The van der Waals surface area contributed by atoms with E-state index in [4.69, 9.17) is 0 Å². The topological polar surface area (TPSA) is 30.0 Å². The van der Waals surface area contributed by atoms with Crippen LogP contribution in [-0.4, -0.2) is 37.1 Å². The van der Waals surface area contributed by atoms with Crippen molar-refractivity contribution < 1.29 is 9.96 Å². The molecule has 0 aromatic heterocycles. The molecule has 1 rings (SSSR count). The molecular formula is C7H17NO. The van der Waals surface area contributed by atoms with Gasteiger partial charge >= 0.3 is 0 Å². The van der Waals surface area contributed by atoms with E-state index in [-0.39, 0.29) is 5.48 Å². The van der Waals surface area contributed by atoms with Gasteiger partial charge in [-0.25, -0.2) is 0 Å². The monoisotopic (exact) mass is 131 g/mol. The highest BCUT2D eigenvalue weighted by Crippen LogP contribution is 2.26. The van der Waals surface area contributed by atoms with Crippen LogP contribution in [0.1, 0.15) is 19.3 Å². The molecule has 0 atom stereocenters. The van der Waals surface area contributed by atoms with E-state index in [1.54, 1.807) is 0 Å². The van der Waals surface area contributed by atoms with Gasteiger partial charge in [0.1, 0.15) is 0 Å². The smallest absolute Gasteiger partial charge is 0.0884 e. The molecule has 1 aliphatic carbocycles. The van der Waals surface area contributed by atoms with E-state index in [0.29, 0.717) is 0 Å². The quantitative estimate of drug-likeness (QED) is 0.489. The second kappa shape index (κ2) is 2.67. The van der Waals surface area contributed by atoms with E-state index < -0.39 is 0 Å². The Labute approximate surface area is 57.4 Å². The summed E-state index contributed by atoms with van der Waals surface area (Å²) in [5.41, 5.74) is 0. The van der Waals surface area contributed by atoms with E-state index in [9.17, 15) is 0 Å². The largest absolute Gasteiger partial charge is 0.870 e. The summed E-state index contributed by atoms with van der Waals surface area (Å²) < 4.78 is 1.17. The first kappa shape index (κ1) is 8.92. The van der Waals surface area contributed by atoms with Gasteiger partial charge in [-0.3, -0.25) is 0 Å². The van der Waals surface area contributed by atoms with Crippen LogP contribution in [0, 0.1) is 0 Å². The normalized spacial score (nSPS) is 20.3. The summed E-state index contributed by atoms with van der Waals surface area (Å²) in [5.74, 6) is 0. The average molecular weight is 131 g/mol. The van der Waals surface area contributed by atoms with E-state index in [2.05, 4.69) is 21.1 Å². The van der Waals surface area contributed by atoms with Crippen molar-refractivity contribution in [1.82, 2.24) is 0 Å². The Morgan fingerprint density at radius 2 is 1.56 bits per heavy atom. The van der Waals surface area contributed by atoms with Gasteiger partial charge in [0.25, 0.3) is 0 Å². The van der Waals surface area contributed by atoms with Crippen LogP contribution >= 0.6 is 0 Å². The molecule has 2 heteroatoms. The van der Waals surface area contributed by atoms with Crippen molar-refractivity contribution in [3.05, 3.63) is 0 Å². The minimum absolute atomic E-state index is 0. The summed E-state index contributed by atoms with van der Waals surface area (Å²) in [7, 11) is 6.84. The van der Waals surface area contributed by atoms with Gasteiger partial charge in [0.15, 0.2) is 0 Å². The summed E-state index contributed by atoms with van der Waals surface area (Å²) in [6, 6.07) is 0.968. The van der Waals surface area contributed by atoms with Gasteiger partial charge in [0, 0.05) is 0 Å². The lowest BCUT2D eigenvalue weighted by molar-refractivity contribution is -0.902. The van der Waals surface area contributed by atoms with Crippen LogP contribution in [0.4, 0.5) is 0 Å². The molecule has 2 nitrogen and oxygen atoms in total. The van der Waals surface area contributed by atoms with Gasteiger partial charge in [-0.2, -0.15) is 0 Å². The van der Waals surface area contributed by atoms with Gasteiger partial charge in [0.2, 0.25) is 0 Å². The molecular weight excluding hydrogens is 114 g/mol. The third kappa shape index (κ3) is 1.95. The highest BCUT2D eigenvalue weighted by atomic mass is 16.0. The highest BCUT2D eigenvalue weighted by Gasteiger charge is 2.29. The molecule has 0 saturated heterocycles. The van der Waals surface area contributed by atoms with Gasteiger partial charge in [-0.1, -0.05) is 0 Å². The lowest BCUT2D eigenvalue weighted by Gasteiger charge is -2.39. The van der Waals surface area contributed by atoms with Crippen molar-refractivity contribution in [2.45, 2.75) is 25.3 Å². The van der Waals surface area contributed by atoms with Crippen LogP contribution in [0.2, 0.25) is 0 Å². The number of nitrogens with zero attached hydrogens (tertiary/aromatic N) is 1. The van der Waals surface area contributed by atoms with Crippen molar-refractivity contribution in [2.75, 3.05) is 21.1 Å². The van der Waals surface area contributed by atoms with Gasteiger partial charge < -0.3 is 9.96 Å². The summed E-state index contributed by atoms with van der Waals surface area (Å²) >= 11 is 0. The van der Waals surface area contributed by atoms with Crippen molar-refractivity contribution in [3.63, 3.8) is 0 Å². The Morgan fingerprint density at radius 3 is 1.56 bits per heavy atom. The number of quaternary nitrogens is 1. The third-order valence-electron chi connectivity index (χ3n) is 2.17. The number of hydrogen-bond acceptors (Lipinski definition) is 1. The van der Waals surface area contributed by atoms with Gasteiger partial charge in [-0.05, 0) is 19.3 Å². The van der Waals surface area contributed by atoms with E-state index in [1.165, 1.54) is 23.7 Å². The lowest BCUT2D eigenvalue weighted by atomic mass is 9.91. The molecule has 0 heterocycles. The predicted octanol–water partition coefficient (Wildman–Crippen LogP) is 1.07. The molecule has 0 aliphatic heterocycles. The Hall–Kier alpha value is -0.0800. The van der Waals surface area contributed by atoms with Crippen molar-refractivity contribution in [1.29, 1.82) is 0 Å². The minimum Gasteiger partial charge on any atom is -0.870 e. The first-order valence-electron chi connectivity index (χ1n) is 3.42. The molecule has 9 heavy (non-hydrogen) atoms. The first-order chi connectivity index (χ1) is 3.61. The molecule has 1 N–H and O–H groups in total. The molecule has 1 saturated carbocycles. The summed E-state index contributed by atoms with van der Waals surface area (Å²) in [5, 5.41) is 0. The van der Waals surface area contributed by atoms with Gasteiger partial charge in [-0.15, -0.1) is 0 Å². The fourth-order valence-electron chi connectivity index (χ4n) is 1.16. The van der Waals surface area contributed by atoms with E-state index >= 15 is 0 Å². The third-order valence-corrected chi connectivity index (χ3v) is 2.17. The highest BCUT2D eigenvalue weighted by molar-refractivity contribution is 4.68. The van der Waals surface area contributed by atoms with Gasteiger partial charge in [0.05, 0.1) is 27.2 Å². The van der Waals surface area contributed by atoms with Crippen LogP contribution < -0.4 is 0 Å². The zero-order valence-corrected chi connectivity index (χ0v) is 6.59. The maximum atomic E-state index is 2.28. The fourth-order valence-corrected chi connectivity index (χ4v) is 1.16. The maximum Gasteiger partial charge on any atom is 0.0884 e. The summed E-state index contributed by atoms with van der Waals surface area (Å²) in [6.45, 7) is 0. The Balaban J connectivity index is 0.000000640. The molecule has 0 radical (unpaired) electrons. The molecule has 0 aromatic carbocycles.